The van der Waals surface area contributed by atoms with Crippen LogP contribution in [0.25, 0.3) is 11.6 Å². The van der Waals surface area contributed by atoms with Crippen LogP contribution in [0.4, 0.5) is 0 Å². The Hall–Kier alpha value is -2.11. The third-order valence-corrected chi connectivity index (χ3v) is 2.78. The Morgan fingerprint density at radius 2 is 2.26 bits per heavy atom. The van der Waals surface area contributed by atoms with E-state index < -0.39 is 5.97 Å². The van der Waals surface area contributed by atoms with Gasteiger partial charge in [0.25, 0.3) is 0 Å². The number of methoxy groups -OCH3 is 1. The molecule has 6 heteroatoms. The van der Waals surface area contributed by atoms with Gasteiger partial charge < -0.3 is 9.15 Å². The molecule has 0 saturated carbocycles. The maximum atomic E-state index is 11.7. The predicted octanol–water partition coefficient (Wildman–Crippen LogP) is 2.12. The molecule has 0 saturated heterocycles. The Morgan fingerprint density at radius 1 is 1.53 bits per heavy atom. The molecule has 0 spiro atoms. The van der Waals surface area contributed by atoms with Gasteiger partial charge >= 0.3 is 5.97 Å². The standard InChI is InChI=1S/C13H17N3O3/c1-5-6-9-11(13(17)18-4)19-12(14-9)10-7-8(2)15-16(10)3/h7H,5-6H2,1-4H3. The Morgan fingerprint density at radius 3 is 2.79 bits per heavy atom. The Labute approximate surface area is 111 Å². The van der Waals surface area contributed by atoms with Crippen LogP contribution in [0.2, 0.25) is 0 Å². The maximum absolute atomic E-state index is 11.7. The van der Waals surface area contributed by atoms with Crippen LogP contribution in [0.3, 0.4) is 0 Å². The molecule has 0 bridgehead atoms. The molecule has 6 nitrogen and oxygen atoms in total. The molecule has 0 radical (unpaired) electrons. The summed E-state index contributed by atoms with van der Waals surface area (Å²) in [6, 6.07) is 1.86. The number of oxazole rings is 1. The second-order valence-electron chi connectivity index (χ2n) is 4.33. The Balaban J connectivity index is 2.48. The normalized spacial score (nSPS) is 10.7. The zero-order valence-corrected chi connectivity index (χ0v) is 11.6. The first-order valence-electron chi connectivity index (χ1n) is 6.15. The lowest BCUT2D eigenvalue weighted by Gasteiger charge is -1.96. The SMILES string of the molecule is CCCc1nc(-c2cc(C)nn2C)oc1C(=O)OC. The largest absolute Gasteiger partial charge is 0.463 e. The number of carbonyl (C=O) groups excluding carboxylic acids is 1. The van der Waals surface area contributed by atoms with Crippen LogP contribution < -0.4 is 0 Å². The van der Waals surface area contributed by atoms with Crippen LogP contribution in [-0.4, -0.2) is 27.8 Å². The quantitative estimate of drug-likeness (QED) is 0.790. The van der Waals surface area contributed by atoms with Gasteiger partial charge in [0.15, 0.2) is 0 Å². The van der Waals surface area contributed by atoms with Crippen molar-refractivity contribution in [1.82, 2.24) is 14.8 Å². The van der Waals surface area contributed by atoms with Gasteiger partial charge in [-0.25, -0.2) is 9.78 Å². The average molecular weight is 263 g/mol. The van der Waals surface area contributed by atoms with Crippen LogP contribution in [0, 0.1) is 6.92 Å². The van der Waals surface area contributed by atoms with E-state index in [2.05, 4.69) is 10.1 Å². The van der Waals surface area contributed by atoms with Crippen LogP contribution in [0.5, 0.6) is 0 Å². The van der Waals surface area contributed by atoms with Gasteiger partial charge in [0, 0.05) is 7.05 Å². The summed E-state index contributed by atoms with van der Waals surface area (Å²) in [5.41, 5.74) is 2.24. The van der Waals surface area contributed by atoms with Gasteiger partial charge in [-0.15, -0.1) is 0 Å². The molecule has 2 aromatic heterocycles. The number of aryl methyl sites for hydroxylation is 3. The number of aromatic nitrogens is 3. The van der Waals surface area contributed by atoms with E-state index in [0.29, 0.717) is 18.0 Å². The number of esters is 1. The van der Waals surface area contributed by atoms with Gasteiger partial charge in [0.05, 0.1) is 18.5 Å². The molecule has 0 aliphatic carbocycles. The predicted molar refractivity (Wildman–Crippen MR) is 68.8 cm³/mol. The van der Waals surface area contributed by atoms with Crippen molar-refractivity contribution in [2.45, 2.75) is 26.7 Å². The van der Waals surface area contributed by atoms with Gasteiger partial charge in [-0.1, -0.05) is 13.3 Å². The van der Waals surface area contributed by atoms with E-state index in [1.165, 1.54) is 7.11 Å². The molecule has 0 unspecified atom stereocenters. The number of nitrogens with zero attached hydrogens (tertiary/aromatic N) is 3. The van der Waals surface area contributed by atoms with Crippen molar-refractivity contribution in [2.75, 3.05) is 7.11 Å². The van der Waals surface area contributed by atoms with Crippen LogP contribution >= 0.6 is 0 Å². The first-order chi connectivity index (χ1) is 9.06. The summed E-state index contributed by atoms with van der Waals surface area (Å²) < 4.78 is 11.9. The smallest absolute Gasteiger partial charge is 0.376 e. The van der Waals surface area contributed by atoms with Crippen LogP contribution in [0.1, 0.15) is 35.3 Å². The fraction of sp³-hybridized carbons (Fsp3) is 0.462. The Kier molecular flexibility index (Phi) is 3.69. The first kappa shape index (κ1) is 13.3. The molecule has 0 amide bonds. The van der Waals surface area contributed by atoms with Crippen molar-refractivity contribution < 1.29 is 13.9 Å². The molecule has 0 atom stereocenters. The molecule has 0 fully saturated rings. The molecule has 2 heterocycles. The molecular weight excluding hydrogens is 246 g/mol. The van der Waals surface area contributed by atoms with Crippen LogP contribution in [0.15, 0.2) is 10.5 Å². The average Bonchev–Trinajstić information content (AvgIpc) is 2.92. The summed E-state index contributed by atoms with van der Waals surface area (Å²) in [6.45, 7) is 3.91. The first-order valence-corrected chi connectivity index (χ1v) is 6.15. The number of hydrogen-bond donors (Lipinski definition) is 0. The molecule has 19 heavy (non-hydrogen) atoms. The van der Waals surface area contributed by atoms with Crippen molar-refractivity contribution in [1.29, 1.82) is 0 Å². The molecule has 102 valence electrons. The second-order valence-corrected chi connectivity index (χ2v) is 4.33. The van der Waals surface area contributed by atoms with E-state index in [0.717, 1.165) is 17.8 Å². The van der Waals surface area contributed by atoms with Gasteiger partial charge in [0.1, 0.15) is 5.69 Å². The monoisotopic (exact) mass is 263 g/mol. The summed E-state index contributed by atoms with van der Waals surface area (Å²) in [4.78, 5) is 16.1. The number of rotatable bonds is 4. The second kappa shape index (κ2) is 5.26. The highest BCUT2D eigenvalue weighted by molar-refractivity contribution is 5.87. The maximum Gasteiger partial charge on any atom is 0.376 e. The summed E-state index contributed by atoms with van der Waals surface area (Å²) in [7, 11) is 3.14. The van der Waals surface area contributed by atoms with Crippen molar-refractivity contribution in [3.05, 3.63) is 23.2 Å². The zero-order chi connectivity index (χ0) is 14.0. The highest BCUT2D eigenvalue weighted by atomic mass is 16.5. The lowest BCUT2D eigenvalue weighted by atomic mass is 10.2. The van der Waals surface area contributed by atoms with E-state index in [1.807, 2.05) is 27.0 Å². The van der Waals surface area contributed by atoms with Crippen molar-refractivity contribution in [3.63, 3.8) is 0 Å². The van der Waals surface area contributed by atoms with E-state index in [1.54, 1.807) is 4.68 Å². The summed E-state index contributed by atoms with van der Waals surface area (Å²) in [5.74, 6) is 0.0752. The summed E-state index contributed by atoms with van der Waals surface area (Å²) in [5, 5.41) is 4.24. The van der Waals surface area contributed by atoms with Crippen LogP contribution in [-0.2, 0) is 18.2 Å². The number of carbonyl (C=O) groups is 1. The van der Waals surface area contributed by atoms with Crippen molar-refractivity contribution in [2.24, 2.45) is 7.05 Å². The molecule has 2 rings (SSSR count). The Bertz CT molecular complexity index is 598. The zero-order valence-electron chi connectivity index (χ0n) is 11.6. The highest BCUT2D eigenvalue weighted by Gasteiger charge is 2.22. The lowest BCUT2D eigenvalue weighted by Crippen LogP contribution is -2.03. The third kappa shape index (κ3) is 2.52. The molecule has 0 aliphatic heterocycles. The summed E-state index contributed by atoms with van der Waals surface area (Å²) >= 11 is 0. The fourth-order valence-corrected chi connectivity index (χ4v) is 1.93. The van der Waals surface area contributed by atoms with Gasteiger partial charge in [-0.3, -0.25) is 4.68 Å². The molecule has 0 aliphatic rings. The summed E-state index contributed by atoms with van der Waals surface area (Å²) in [6.07, 6.45) is 1.55. The molecule has 0 N–H and O–H groups in total. The number of ether oxygens (including phenoxy) is 1. The minimum absolute atomic E-state index is 0.179. The minimum atomic E-state index is -0.499. The minimum Gasteiger partial charge on any atom is -0.463 e. The van der Waals surface area contributed by atoms with Gasteiger partial charge in [-0.05, 0) is 19.4 Å². The highest BCUT2D eigenvalue weighted by Crippen LogP contribution is 2.23. The number of hydrogen-bond acceptors (Lipinski definition) is 5. The van der Waals surface area contributed by atoms with E-state index in [4.69, 9.17) is 9.15 Å². The molecular formula is C13H17N3O3. The van der Waals surface area contributed by atoms with Gasteiger partial charge in [-0.2, -0.15) is 5.10 Å². The van der Waals surface area contributed by atoms with E-state index >= 15 is 0 Å². The molecule has 0 aromatic carbocycles. The third-order valence-electron chi connectivity index (χ3n) is 2.78. The topological polar surface area (TPSA) is 70.2 Å². The lowest BCUT2D eigenvalue weighted by molar-refractivity contribution is 0.0564. The molecule has 2 aromatic rings. The van der Waals surface area contributed by atoms with Crippen molar-refractivity contribution >= 4 is 5.97 Å². The fourth-order valence-electron chi connectivity index (χ4n) is 1.93. The van der Waals surface area contributed by atoms with Gasteiger partial charge in [0.2, 0.25) is 11.7 Å². The van der Waals surface area contributed by atoms with Crippen molar-refractivity contribution in [3.8, 4) is 11.6 Å². The van der Waals surface area contributed by atoms with E-state index in [-0.39, 0.29) is 5.76 Å². The van der Waals surface area contributed by atoms with E-state index in [9.17, 15) is 4.79 Å².